The van der Waals surface area contributed by atoms with Crippen LogP contribution in [0.1, 0.15) is 11.1 Å². The fraction of sp³-hybridized carbons (Fsp3) is 0.150. The van der Waals surface area contributed by atoms with Crippen LogP contribution in [0.4, 0.5) is 4.79 Å². The molecule has 3 amide bonds. The van der Waals surface area contributed by atoms with Gasteiger partial charge in [-0.15, -0.1) is 0 Å². The molecule has 9 heteroatoms. The molecule has 1 heterocycles. The van der Waals surface area contributed by atoms with Gasteiger partial charge in [-0.25, -0.2) is 0 Å². The minimum absolute atomic E-state index is 0.169. The van der Waals surface area contributed by atoms with E-state index in [9.17, 15) is 14.4 Å². The van der Waals surface area contributed by atoms with E-state index in [1.165, 1.54) is 12.0 Å². The Bertz CT molecular complexity index is 991. The number of imide groups is 1. The quantitative estimate of drug-likeness (QED) is 0.673. The maximum atomic E-state index is 12.7. The summed E-state index contributed by atoms with van der Waals surface area (Å²) < 4.78 is 10.5. The van der Waals surface area contributed by atoms with Crippen LogP contribution in [0.5, 0.6) is 11.5 Å². The number of rotatable bonds is 7. The highest BCUT2D eigenvalue weighted by Crippen LogP contribution is 2.35. The number of methoxy groups -OCH3 is 1. The molecule has 1 aliphatic heterocycles. The molecule has 0 spiro atoms. The summed E-state index contributed by atoms with van der Waals surface area (Å²) in [5.74, 6) is -0.256. The van der Waals surface area contributed by atoms with Gasteiger partial charge in [-0.05, 0) is 53.2 Å². The number of nitrogens with two attached hydrogens (primary N) is 1. The zero-order chi connectivity index (χ0) is 21.0. The minimum Gasteiger partial charge on any atom is -0.493 e. The molecule has 29 heavy (non-hydrogen) atoms. The van der Waals surface area contributed by atoms with Crippen molar-refractivity contribution in [3.8, 4) is 11.5 Å². The highest BCUT2D eigenvalue weighted by molar-refractivity contribution is 8.18. The molecule has 1 fully saturated rings. The largest absolute Gasteiger partial charge is 0.493 e. The molecule has 3 rings (SSSR count). The fourth-order valence-corrected chi connectivity index (χ4v) is 3.57. The molecule has 0 bridgehead atoms. The molecule has 1 saturated heterocycles. The predicted molar refractivity (Wildman–Crippen MR) is 111 cm³/mol. The van der Waals surface area contributed by atoms with E-state index in [-0.39, 0.29) is 24.3 Å². The third-order valence-corrected chi connectivity index (χ3v) is 5.14. The summed E-state index contributed by atoms with van der Waals surface area (Å²) >= 11 is 6.74. The van der Waals surface area contributed by atoms with E-state index < -0.39 is 5.91 Å². The highest BCUT2D eigenvalue weighted by Gasteiger charge is 2.35. The second-order valence-corrected chi connectivity index (χ2v) is 7.49. The number of halogens is 1. The van der Waals surface area contributed by atoms with Crippen LogP contribution in [0.25, 0.3) is 6.08 Å². The summed E-state index contributed by atoms with van der Waals surface area (Å²) in [5, 5.41) is 0.240. The number of benzene rings is 2. The second kappa shape index (κ2) is 9.02. The van der Waals surface area contributed by atoms with Crippen molar-refractivity contribution in [1.29, 1.82) is 0 Å². The SMILES string of the molecule is COc1cc(C=C2SC(=O)N(Cc3ccc(Cl)cc3)C2=O)ccc1OCC(N)=O. The molecule has 0 radical (unpaired) electrons. The number of carbonyl (C=O) groups excluding carboxylic acids is 3. The van der Waals surface area contributed by atoms with Gasteiger partial charge in [0, 0.05) is 5.02 Å². The molecule has 7 nitrogen and oxygen atoms in total. The van der Waals surface area contributed by atoms with Crippen LogP contribution in [-0.4, -0.2) is 35.7 Å². The summed E-state index contributed by atoms with van der Waals surface area (Å²) in [6.07, 6.45) is 1.60. The Labute approximate surface area is 176 Å². The molecule has 2 aromatic carbocycles. The molecule has 0 saturated carbocycles. The number of hydrogen-bond acceptors (Lipinski definition) is 6. The molecule has 2 N–H and O–H groups in total. The molecule has 0 aromatic heterocycles. The molecule has 2 aromatic rings. The number of hydrogen-bond donors (Lipinski definition) is 1. The van der Waals surface area contributed by atoms with Crippen molar-refractivity contribution in [2.45, 2.75) is 6.54 Å². The average molecular weight is 433 g/mol. The highest BCUT2D eigenvalue weighted by atomic mass is 35.5. The first-order chi connectivity index (χ1) is 13.9. The number of amides is 3. The van der Waals surface area contributed by atoms with Crippen LogP contribution in [0, 0.1) is 0 Å². The lowest BCUT2D eigenvalue weighted by molar-refractivity contribution is -0.123. The van der Waals surface area contributed by atoms with Gasteiger partial charge in [-0.2, -0.15) is 0 Å². The predicted octanol–water partition coefficient (Wildman–Crippen LogP) is 3.45. The number of primary amides is 1. The lowest BCUT2D eigenvalue weighted by Gasteiger charge is -2.12. The lowest BCUT2D eigenvalue weighted by atomic mass is 10.1. The van der Waals surface area contributed by atoms with Crippen LogP contribution < -0.4 is 15.2 Å². The van der Waals surface area contributed by atoms with E-state index in [1.54, 1.807) is 48.5 Å². The van der Waals surface area contributed by atoms with Gasteiger partial charge in [0.25, 0.3) is 17.1 Å². The van der Waals surface area contributed by atoms with E-state index in [4.69, 9.17) is 26.8 Å². The lowest BCUT2D eigenvalue weighted by Crippen LogP contribution is -2.27. The van der Waals surface area contributed by atoms with Gasteiger partial charge in [0.05, 0.1) is 18.6 Å². The number of carbonyl (C=O) groups is 3. The zero-order valence-electron chi connectivity index (χ0n) is 15.4. The normalized spacial score (nSPS) is 15.1. The maximum Gasteiger partial charge on any atom is 0.293 e. The van der Waals surface area contributed by atoms with Gasteiger partial charge in [0.15, 0.2) is 18.1 Å². The van der Waals surface area contributed by atoms with Crippen LogP contribution in [0.15, 0.2) is 47.4 Å². The Hall–Kier alpha value is -2.97. The summed E-state index contributed by atoms with van der Waals surface area (Å²) in [4.78, 5) is 37.3. The molecule has 150 valence electrons. The maximum absolute atomic E-state index is 12.7. The van der Waals surface area contributed by atoms with E-state index >= 15 is 0 Å². The summed E-state index contributed by atoms with van der Waals surface area (Å²) in [6.45, 7) is -0.109. The second-order valence-electron chi connectivity index (χ2n) is 6.06. The Morgan fingerprint density at radius 2 is 1.90 bits per heavy atom. The smallest absolute Gasteiger partial charge is 0.293 e. The first-order valence-electron chi connectivity index (χ1n) is 8.46. The van der Waals surface area contributed by atoms with Gasteiger partial charge in [0.1, 0.15) is 0 Å². The monoisotopic (exact) mass is 432 g/mol. The van der Waals surface area contributed by atoms with Crippen molar-refractivity contribution in [3.05, 3.63) is 63.5 Å². The number of nitrogens with zero attached hydrogens (tertiary/aromatic N) is 1. The standard InChI is InChI=1S/C20H17ClN2O5S/c1-27-16-8-13(4-7-15(16)28-11-18(22)24)9-17-19(25)23(20(26)29-17)10-12-2-5-14(21)6-3-12/h2-9H,10-11H2,1H3,(H2,22,24). The summed E-state index contributed by atoms with van der Waals surface area (Å²) in [6, 6.07) is 11.9. The van der Waals surface area contributed by atoms with Crippen molar-refractivity contribution in [3.63, 3.8) is 0 Å². The Balaban J connectivity index is 1.78. The number of thioether (sulfide) groups is 1. The molecule has 1 aliphatic rings. The molecular formula is C20H17ClN2O5S. The Kier molecular flexibility index (Phi) is 6.46. The topological polar surface area (TPSA) is 98.9 Å². The average Bonchev–Trinajstić information content (AvgIpc) is 2.95. The van der Waals surface area contributed by atoms with Crippen molar-refractivity contribution < 1.29 is 23.9 Å². The van der Waals surface area contributed by atoms with E-state index in [1.807, 2.05) is 0 Å². The molecule has 0 atom stereocenters. The third-order valence-electron chi connectivity index (χ3n) is 3.98. The fourth-order valence-electron chi connectivity index (χ4n) is 2.60. The first kappa shape index (κ1) is 20.8. The van der Waals surface area contributed by atoms with Gasteiger partial charge in [-0.3, -0.25) is 19.3 Å². The van der Waals surface area contributed by atoms with Crippen molar-refractivity contribution in [2.75, 3.05) is 13.7 Å². The number of ether oxygens (including phenoxy) is 2. The van der Waals surface area contributed by atoms with Gasteiger partial charge in [-0.1, -0.05) is 29.8 Å². The van der Waals surface area contributed by atoms with Crippen LogP contribution >= 0.6 is 23.4 Å². The Morgan fingerprint density at radius 3 is 2.55 bits per heavy atom. The Morgan fingerprint density at radius 1 is 1.17 bits per heavy atom. The molecule has 0 aliphatic carbocycles. The summed E-state index contributed by atoms with van der Waals surface area (Å²) in [5.41, 5.74) is 6.52. The minimum atomic E-state index is -0.606. The van der Waals surface area contributed by atoms with Gasteiger partial charge in [0.2, 0.25) is 0 Å². The van der Waals surface area contributed by atoms with E-state index in [0.29, 0.717) is 27.0 Å². The first-order valence-corrected chi connectivity index (χ1v) is 9.66. The summed E-state index contributed by atoms with van der Waals surface area (Å²) in [7, 11) is 1.45. The van der Waals surface area contributed by atoms with Crippen molar-refractivity contribution in [2.24, 2.45) is 5.73 Å². The van der Waals surface area contributed by atoms with Gasteiger partial charge < -0.3 is 15.2 Å². The molecule has 0 unspecified atom stereocenters. The van der Waals surface area contributed by atoms with Crippen LogP contribution in [-0.2, 0) is 16.1 Å². The zero-order valence-corrected chi connectivity index (χ0v) is 17.0. The third kappa shape index (κ3) is 5.10. The van der Waals surface area contributed by atoms with Gasteiger partial charge >= 0.3 is 0 Å². The molecular weight excluding hydrogens is 416 g/mol. The van der Waals surface area contributed by atoms with E-state index in [0.717, 1.165) is 17.3 Å². The van der Waals surface area contributed by atoms with Crippen LogP contribution in [0.2, 0.25) is 5.02 Å². The van der Waals surface area contributed by atoms with Crippen molar-refractivity contribution >= 4 is 46.5 Å². The van der Waals surface area contributed by atoms with Crippen molar-refractivity contribution in [1.82, 2.24) is 4.90 Å². The van der Waals surface area contributed by atoms with E-state index in [2.05, 4.69) is 0 Å². The van der Waals surface area contributed by atoms with Crippen LogP contribution in [0.3, 0.4) is 0 Å².